The highest BCUT2D eigenvalue weighted by atomic mass is 35.5. The molecule has 4 atom stereocenters. The third kappa shape index (κ3) is 3.31. The molecule has 3 rings (SSSR count). The quantitative estimate of drug-likeness (QED) is 0.672. The maximum absolute atomic E-state index is 12.6. The number of amides is 1. The van der Waals surface area contributed by atoms with Crippen LogP contribution in [0.4, 0.5) is 0 Å². The minimum atomic E-state index is -0.877. The molecule has 1 N–H and O–H groups in total. The Kier molecular flexibility index (Phi) is 4.90. The molecular weight excluding hydrogens is 330 g/mol. The Morgan fingerprint density at radius 3 is 2.83 bits per heavy atom. The van der Waals surface area contributed by atoms with Gasteiger partial charge in [-0.3, -0.25) is 14.4 Å². The van der Waals surface area contributed by atoms with Gasteiger partial charge in [0.05, 0.1) is 6.61 Å². The molecule has 24 heavy (non-hydrogen) atoms. The molecule has 1 aliphatic heterocycles. The number of carbonyl (C=O) groups excluding carboxylic acids is 3. The summed E-state index contributed by atoms with van der Waals surface area (Å²) in [6, 6.07) is 7.26. The van der Waals surface area contributed by atoms with Gasteiger partial charge in [0.2, 0.25) is 5.91 Å². The van der Waals surface area contributed by atoms with E-state index in [9.17, 15) is 14.4 Å². The van der Waals surface area contributed by atoms with E-state index in [0.29, 0.717) is 17.9 Å². The Bertz CT molecular complexity index is 675. The minimum Gasteiger partial charge on any atom is -0.465 e. The highest BCUT2D eigenvalue weighted by molar-refractivity contribution is 6.30. The second-order valence-electron chi connectivity index (χ2n) is 6.42. The lowest BCUT2D eigenvalue weighted by Crippen LogP contribution is -2.56. The molecular formula is C18H20ClNO4. The van der Waals surface area contributed by atoms with Crippen molar-refractivity contribution in [2.75, 3.05) is 6.61 Å². The third-order valence-electron chi connectivity index (χ3n) is 4.91. The molecule has 4 unspecified atom stereocenters. The molecule has 0 spiro atoms. The number of piperidine rings is 1. The molecule has 0 radical (unpaired) electrons. The smallest absolute Gasteiger partial charge is 0.318 e. The number of Topliss-reactive ketones (excluding diaryl/α,β-unsaturated/α-hetero) is 1. The van der Waals surface area contributed by atoms with Gasteiger partial charge in [-0.25, -0.2) is 0 Å². The maximum Gasteiger partial charge on any atom is 0.318 e. The van der Waals surface area contributed by atoms with Gasteiger partial charge in [0.25, 0.3) is 0 Å². The van der Waals surface area contributed by atoms with Gasteiger partial charge in [-0.1, -0.05) is 23.7 Å². The van der Waals surface area contributed by atoms with Crippen molar-refractivity contribution >= 4 is 29.3 Å². The molecule has 2 aliphatic rings. The second-order valence-corrected chi connectivity index (χ2v) is 6.86. The van der Waals surface area contributed by atoms with Gasteiger partial charge in [0, 0.05) is 23.4 Å². The largest absolute Gasteiger partial charge is 0.465 e. The van der Waals surface area contributed by atoms with E-state index in [1.165, 1.54) is 0 Å². The first-order valence-corrected chi connectivity index (χ1v) is 8.62. The zero-order chi connectivity index (χ0) is 17.3. The monoisotopic (exact) mass is 349 g/mol. The highest BCUT2D eigenvalue weighted by Crippen LogP contribution is 2.39. The fourth-order valence-electron chi connectivity index (χ4n) is 3.73. The predicted octanol–water partition coefficient (Wildman–Crippen LogP) is 2.47. The van der Waals surface area contributed by atoms with E-state index in [-0.39, 0.29) is 42.6 Å². The Labute approximate surface area is 145 Å². The number of nitrogens with one attached hydrogen (secondary N) is 1. The summed E-state index contributed by atoms with van der Waals surface area (Å²) in [5, 5.41) is 3.50. The molecule has 6 heteroatoms. The molecule has 1 saturated heterocycles. The summed E-state index contributed by atoms with van der Waals surface area (Å²) in [4.78, 5) is 36.7. The van der Waals surface area contributed by atoms with Crippen molar-refractivity contribution in [1.82, 2.24) is 5.32 Å². The van der Waals surface area contributed by atoms with Gasteiger partial charge < -0.3 is 10.1 Å². The van der Waals surface area contributed by atoms with Crippen LogP contribution in [0.25, 0.3) is 0 Å². The Hall–Kier alpha value is -1.88. The summed E-state index contributed by atoms with van der Waals surface area (Å²) < 4.78 is 4.94. The van der Waals surface area contributed by atoms with Gasteiger partial charge in [-0.05, 0) is 43.4 Å². The fraction of sp³-hybridized carbons (Fsp3) is 0.500. The number of hydrogen-bond acceptors (Lipinski definition) is 4. The van der Waals surface area contributed by atoms with E-state index in [4.69, 9.17) is 16.3 Å². The topological polar surface area (TPSA) is 72.5 Å². The van der Waals surface area contributed by atoms with Crippen LogP contribution in [0.1, 0.15) is 37.7 Å². The van der Waals surface area contributed by atoms with Crippen molar-refractivity contribution in [3.8, 4) is 0 Å². The average molecular weight is 350 g/mol. The van der Waals surface area contributed by atoms with Crippen LogP contribution in [0.3, 0.4) is 0 Å². The van der Waals surface area contributed by atoms with E-state index in [1.807, 2.05) is 18.2 Å². The first-order chi connectivity index (χ1) is 11.5. The van der Waals surface area contributed by atoms with Crippen LogP contribution in [0, 0.1) is 11.8 Å². The molecule has 1 amide bonds. The van der Waals surface area contributed by atoms with Gasteiger partial charge in [0.15, 0.2) is 0 Å². The molecule has 1 aromatic rings. The number of ketones is 1. The number of fused-ring (bicyclic) bond motifs is 1. The first-order valence-electron chi connectivity index (χ1n) is 8.24. The van der Waals surface area contributed by atoms with E-state index in [1.54, 1.807) is 13.0 Å². The van der Waals surface area contributed by atoms with E-state index < -0.39 is 11.9 Å². The molecule has 128 valence electrons. The summed E-state index contributed by atoms with van der Waals surface area (Å²) in [7, 11) is 0. The number of hydrogen-bond donors (Lipinski definition) is 1. The van der Waals surface area contributed by atoms with Crippen LogP contribution in [-0.2, 0) is 19.1 Å². The van der Waals surface area contributed by atoms with Crippen LogP contribution in [0.15, 0.2) is 24.3 Å². The van der Waals surface area contributed by atoms with Crippen molar-refractivity contribution in [1.29, 1.82) is 0 Å². The SMILES string of the molecule is CCOC(=O)C1CC2C(=O)CC(c3cccc(Cl)c3)CC2NC1=O. The van der Waals surface area contributed by atoms with Gasteiger partial charge >= 0.3 is 5.97 Å². The van der Waals surface area contributed by atoms with Crippen molar-refractivity contribution < 1.29 is 19.1 Å². The summed E-state index contributed by atoms with van der Waals surface area (Å²) in [6.45, 7) is 1.92. The standard InChI is InChI=1S/C18H20ClNO4/c1-2-24-18(23)14-9-13-15(20-17(14)22)7-11(8-16(13)21)10-4-3-5-12(19)6-10/h3-6,11,13-15H,2,7-9H2,1H3,(H,20,22). The zero-order valence-electron chi connectivity index (χ0n) is 13.5. The molecule has 2 fully saturated rings. The summed E-state index contributed by atoms with van der Waals surface area (Å²) >= 11 is 6.04. The Balaban J connectivity index is 1.75. The number of benzene rings is 1. The summed E-state index contributed by atoms with van der Waals surface area (Å²) in [5.74, 6) is -1.94. The summed E-state index contributed by atoms with van der Waals surface area (Å²) in [5.41, 5.74) is 1.01. The van der Waals surface area contributed by atoms with Crippen molar-refractivity contribution in [3.63, 3.8) is 0 Å². The van der Waals surface area contributed by atoms with E-state index in [0.717, 1.165) is 5.56 Å². The molecule has 1 saturated carbocycles. The molecule has 1 aromatic carbocycles. The zero-order valence-corrected chi connectivity index (χ0v) is 14.2. The van der Waals surface area contributed by atoms with Crippen molar-refractivity contribution in [3.05, 3.63) is 34.9 Å². The van der Waals surface area contributed by atoms with Crippen molar-refractivity contribution in [2.45, 2.75) is 38.1 Å². The van der Waals surface area contributed by atoms with Gasteiger partial charge in [0.1, 0.15) is 11.7 Å². The maximum atomic E-state index is 12.6. The predicted molar refractivity (Wildman–Crippen MR) is 88.6 cm³/mol. The van der Waals surface area contributed by atoms with Crippen molar-refractivity contribution in [2.24, 2.45) is 11.8 Å². The normalized spacial score (nSPS) is 29.6. The van der Waals surface area contributed by atoms with Crippen LogP contribution in [0.2, 0.25) is 5.02 Å². The number of ether oxygens (including phenoxy) is 1. The molecule has 0 aromatic heterocycles. The average Bonchev–Trinajstić information content (AvgIpc) is 2.54. The van der Waals surface area contributed by atoms with Crippen LogP contribution < -0.4 is 5.32 Å². The van der Waals surface area contributed by atoms with Crippen LogP contribution in [-0.4, -0.2) is 30.3 Å². The lowest BCUT2D eigenvalue weighted by Gasteiger charge is -2.40. The third-order valence-corrected chi connectivity index (χ3v) is 5.15. The molecule has 0 bridgehead atoms. The van der Waals surface area contributed by atoms with E-state index in [2.05, 4.69) is 5.32 Å². The van der Waals surface area contributed by atoms with Gasteiger partial charge in [-0.15, -0.1) is 0 Å². The molecule has 1 heterocycles. The van der Waals surface area contributed by atoms with Crippen LogP contribution >= 0.6 is 11.6 Å². The summed E-state index contributed by atoms with van der Waals surface area (Å²) in [6.07, 6.45) is 1.33. The minimum absolute atomic E-state index is 0.0388. The van der Waals surface area contributed by atoms with E-state index >= 15 is 0 Å². The number of rotatable bonds is 3. The second kappa shape index (κ2) is 6.93. The van der Waals surface area contributed by atoms with Crippen LogP contribution in [0.5, 0.6) is 0 Å². The number of halogens is 1. The number of carbonyl (C=O) groups is 3. The Morgan fingerprint density at radius 1 is 1.33 bits per heavy atom. The number of esters is 1. The highest BCUT2D eigenvalue weighted by Gasteiger charge is 2.46. The lowest BCUT2D eigenvalue weighted by atomic mass is 9.69. The molecule has 1 aliphatic carbocycles. The Morgan fingerprint density at radius 2 is 2.12 bits per heavy atom. The van der Waals surface area contributed by atoms with Gasteiger partial charge in [-0.2, -0.15) is 0 Å². The molecule has 5 nitrogen and oxygen atoms in total. The fourth-order valence-corrected chi connectivity index (χ4v) is 3.93. The first kappa shape index (κ1) is 17.0. The lowest BCUT2D eigenvalue weighted by molar-refractivity contribution is -0.156.